The van der Waals surface area contributed by atoms with Crippen molar-refractivity contribution in [2.24, 2.45) is 0 Å². The van der Waals surface area contributed by atoms with Gasteiger partial charge in [0.05, 0.1) is 16.6 Å². The van der Waals surface area contributed by atoms with Gasteiger partial charge in [0, 0.05) is 24.9 Å². The number of aromatic nitrogens is 2. The van der Waals surface area contributed by atoms with E-state index in [-0.39, 0.29) is 16.4 Å². The molecule has 0 amide bonds. The van der Waals surface area contributed by atoms with E-state index in [0.29, 0.717) is 10.9 Å². The standard InChI is InChI=1S/C14H18ClN3O3S2/c1-2-18-9-10(8-16-18)14-11(4-3-7-21-14)17-23(19,20)13-6-5-12(15)22-13/h5-6,8-9,11,14,17H,2-4,7H2,1H3/t11-,14+/m0/s1. The van der Waals surface area contributed by atoms with Crippen LogP contribution in [0.2, 0.25) is 4.34 Å². The number of ether oxygens (including phenoxy) is 1. The van der Waals surface area contributed by atoms with E-state index in [2.05, 4.69) is 9.82 Å². The molecule has 0 bridgehead atoms. The monoisotopic (exact) mass is 375 g/mol. The van der Waals surface area contributed by atoms with Crippen molar-refractivity contribution >= 4 is 33.0 Å². The zero-order chi connectivity index (χ0) is 16.4. The molecule has 0 aliphatic carbocycles. The van der Waals surface area contributed by atoms with E-state index in [9.17, 15) is 8.42 Å². The highest BCUT2D eigenvalue weighted by molar-refractivity contribution is 7.91. The summed E-state index contributed by atoms with van der Waals surface area (Å²) in [7, 11) is -3.60. The molecule has 3 rings (SSSR count). The maximum absolute atomic E-state index is 12.5. The molecule has 2 aromatic rings. The molecule has 0 saturated carbocycles. The molecule has 6 nitrogen and oxygen atoms in total. The second kappa shape index (κ2) is 6.90. The highest BCUT2D eigenvalue weighted by Crippen LogP contribution is 2.31. The van der Waals surface area contributed by atoms with Gasteiger partial charge < -0.3 is 4.74 Å². The Morgan fingerprint density at radius 3 is 3.00 bits per heavy atom. The highest BCUT2D eigenvalue weighted by atomic mass is 35.5. The molecule has 0 unspecified atom stereocenters. The fourth-order valence-corrected chi connectivity index (χ4v) is 5.40. The first-order valence-electron chi connectivity index (χ1n) is 7.41. The molecule has 0 aromatic carbocycles. The van der Waals surface area contributed by atoms with Crippen molar-refractivity contribution in [1.82, 2.24) is 14.5 Å². The largest absolute Gasteiger partial charge is 0.372 e. The van der Waals surface area contributed by atoms with Gasteiger partial charge in [-0.15, -0.1) is 11.3 Å². The predicted octanol–water partition coefficient (Wildman–Crippen LogP) is 2.82. The number of nitrogens with one attached hydrogen (secondary N) is 1. The molecule has 3 heterocycles. The van der Waals surface area contributed by atoms with Crippen LogP contribution in [0, 0.1) is 0 Å². The van der Waals surface area contributed by atoms with Crippen LogP contribution in [0.5, 0.6) is 0 Å². The van der Waals surface area contributed by atoms with Crippen molar-refractivity contribution in [3.05, 3.63) is 34.4 Å². The van der Waals surface area contributed by atoms with Crippen LogP contribution in [0.25, 0.3) is 0 Å². The number of aryl methyl sites for hydroxylation is 1. The smallest absolute Gasteiger partial charge is 0.250 e. The first-order valence-corrected chi connectivity index (χ1v) is 10.1. The molecule has 1 aliphatic heterocycles. The Kier molecular flexibility index (Phi) is 5.07. The third kappa shape index (κ3) is 3.77. The molecule has 1 N–H and O–H groups in total. The summed E-state index contributed by atoms with van der Waals surface area (Å²) < 4.78 is 36.1. The minimum Gasteiger partial charge on any atom is -0.372 e. The Morgan fingerprint density at radius 2 is 2.35 bits per heavy atom. The summed E-state index contributed by atoms with van der Waals surface area (Å²) in [6.45, 7) is 3.38. The first-order chi connectivity index (χ1) is 11.0. The van der Waals surface area contributed by atoms with Gasteiger partial charge in [-0.3, -0.25) is 4.68 Å². The number of sulfonamides is 1. The van der Waals surface area contributed by atoms with Gasteiger partial charge in [0.25, 0.3) is 0 Å². The van der Waals surface area contributed by atoms with E-state index in [4.69, 9.17) is 16.3 Å². The fraction of sp³-hybridized carbons (Fsp3) is 0.500. The van der Waals surface area contributed by atoms with Gasteiger partial charge in [-0.1, -0.05) is 11.6 Å². The van der Waals surface area contributed by atoms with E-state index in [1.165, 1.54) is 6.07 Å². The Bertz CT molecular complexity index is 772. The molecule has 1 saturated heterocycles. The van der Waals surface area contributed by atoms with Gasteiger partial charge in [0.1, 0.15) is 10.3 Å². The maximum Gasteiger partial charge on any atom is 0.250 e. The minimum absolute atomic E-state index is 0.219. The number of nitrogens with zero attached hydrogens (tertiary/aromatic N) is 2. The van der Waals surface area contributed by atoms with E-state index >= 15 is 0 Å². The Labute approximate surface area is 144 Å². The molecule has 1 fully saturated rings. The van der Waals surface area contributed by atoms with Crippen LogP contribution in [0.4, 0.5) is 0 Å². The average molecular weight is 376 g/mol. The lowest BCUT2D eigenvalue weighted by Gasteiger charge is -2.31. The van der Waals surface area contributed by atoms with Crippen molar-refractivity contribution in [3.8, 4) is 0 Å². The van der Waals surface area contributed by atoms with Crippen molar-refractivity contribution < 1.29 is 13.2 Å². The van der Waals surface area contributed by atoms with Gasteiger partial charge >= 0.3 is 0 Å². The van der Waals surface area contributed by atoms with Crippen LogP contribution in [0.3, 0.4) is 0 Å². The maximum atomic E-state index is 12.5. The van der Waals surface area contributed by atoms with Gasteiger partial charge in [0.15, 0.2) is 0 Å². The summed E-state index contributed by atoms with van der Waals surface area (Å²) in [6.07, 6.45) is 4.86. The third-order valence-corrected chi connectivity index (χ3v) is 6.96. The van der Waals surface area contributed by atoms with Crippen LogP contribution in [-0.4, -0.2) is 30.8 Å². The topological polar surface area (TPSA) is 73.2 Å². The molecule has 2 atom stereocenters. The minimum atomic E-state index is -3.60. The summed E-state index contributed by atoms with van der Waals surface area (Å²) in [6, 6.07) is 2.79. The van der Waals surface area contributed by atoms with Gasteiger partial charge in [-0.25, -0.2) is 13.1 Å². The van der Waals surface area contributed by atoms with E-state index in [1.54, 1.807) is 16.9 Å². The van der Waals surface area contributed by atoms with Crippen LogP contribution in [0.1, 0.15) is 31.4 Å². The van der Waals surface area contributed by atoms with E-state index in [1.807, 2.05) is 13.1 Å². The SMILES string of the molecule is CCn1cc([C@H]2OCCC[C@@H]2NS(=O)(=O)c2ccc(Cl)s2)cn1. The Hall–Kier alpha value is -0.930. The quantitative estimate of drug-likeness (QED) is 0.872. The van der Waals surface area contributed by atoms with Crippen molar-refractivity contribution in [3.63, 3.8) is 0 Å². The van der Waals surface area contributed by atoms with Crippen LogP contribution < -0.4 is 4.72 Å². The first kappa shape index (κ1) is 16.9. The summed E-state index contributed by atoms with van der Waals surface area (Å²) in [5, 5.41) is 4.25. The molecule has 0 spiro atoms. The van der Waals surface area contributed by atoms with Gasteiger partial charge in [-0.2, -0.15) is 5.10 Å². The zero-order valence-electron chi connectivity index (χ0n) is 12.6. The van der Waals surface area contributed by atoms with Crippen LogP contribution in [0.15, 0.2) is 28.7 Å². The van der Waals surface area contributed by atoms with Crippen LogP contribution >= 0.6 is 22.9 Å². The highest BCUT2D eigenvalue weighted by Gasteiger charge is 2.32. The lowest BCUT2D eigenvalue weighted by molar-refractivity contribution is -0.00446. The average Bonchev–Trinajstić information content (AvgIpc) is 3.16. The molecule has 2 aromatic heterocycles. The lowest BCUT2D eigenvalue weighted by Crippen LogP contribution is -2.42. The summed E-state index contributed by atoms with van der Waals surface area (Å²) in [5.41, 5.74) is 0.892. The molecular formula is C14H18ClN3O3S2. The fourth-order valence-electron chi connectivity index (χ4n) is 2.63. The van der Waals surface area contributed by atoms with Gasteiger partial charge in [0.2, 0.25) is 10.0 Å². The van der Waals surface area contributed by atoms with Crippen molar-refractivity contribution in [2.45, 2.75) is 42.7 Å². The summed E-state index contributed by atoms with van der Waals surface area (Å²) in [5.74, 6) is 0. The number of halogens is 1. The van der Waals surface area contributed by atoms with E-state index < -0.39 is 10.0 Å². The van der Waals surface area contributed by atoms with Gasteiger partial charge in [-0.05, 0) is 31.9 Å². The van der Waals surface area contributed by atoms with Crippen molar-refractivity contribution in [1.29, 1.82) is 0 Å². The Balaban J connectivity index is 1.81. The molecular weight excluding hydrogens is 358 g/mol. The molecule has 9 heteroatoms. The lowest BCUT2D eigenvalue weighted by atomic mass is 9.99. The van der Waals surface area contributed by atoms with E-state index in [0.717, 1.165) is 36.3 Å². The number of hydrogen-bond donors (Lipinski definition) is 1. The third-order valence-electron chi connectivity index (χ3n) is 3.75. The predicted molar refractivity (Wildman–Crippen MR) is 89.3 cm³/mol. The normalized spacial score (nSPS) is 22.3. The second-order valence-electron chi connectivity index (χ2n) is 5.35. The molecule has 1 aliphatic rings. The van der Waals surface area contributed by atoms with Crippen LogP contribution in [-0.2, 0) is 21.3 Å². The number of thiophene rings is 1. The molecule has 23 heavy (non-hydrogen) atoms. The zero-order valence-corrected chi connectivity index (χ0v) is 15.0. The summed E-state index contributed by atoms with van der Waals surface area (Å²) in [4.78, 5) is 0. The number of hydrogen-bond acceptors (Lipinski definition) is 5. The number of rotatable bonds is 5. The summed E-state index contributed by atoms with van der Waals surface area (Å²) >= 11 is 6.89. The molecule has 126 valence electrons. The van der Waals surface area contributed by atoms with Crippen molar-refractivity contribution in [2.75, 3.05) is 6.61 Å². The Morgan fingerprint density at radius 1 is 1.52 bits per heavy atom. The second-order valence-corrected chi connectivity index (χ2v) is 9.01. The molecule has 0 radical (unpaired) electrons.